The Bertz CT molecular complexity index is 1550. The molecule has 5 aromatic rings. The molecular formula is C32H27N3OS2. The monoisotopic (exact) mass is 533 g/mol. The lowest BCUT2D eigenvalue weighted by atomic mass is 9.70. The molecule has 1 aliphatic rings. The van der Waals surface area contributed by atoms with Gasteiger partial charge in [-0.25, -0.2) is 4.98 Å². The van der Waals surface area contributed by atoms with Gasteiger partial charge in [0.25, 0.3) is 0 Å². The van der Waals surface area contributed by atoms with E-state index in [-0.39, 0.29) is 11.8 Å². The summed E-state index contributed by atoms with van der Waals surface area (Å²) < 4.78 is 0. The third kappa shape index (κ3) is 4.77. The van der Waals surface area contributed by atoms with E-state index in [0.717, 1.165) is 16.8 Å². The molecular weight excluding hydrogens is 507 g/mol. The smallest absolute Gasteiger partial charge is 0.232 e. The standard InChI is InChI=1S/C32H27N3OS2/c1-32(2,29-25-7-3-5-9-27(25)38-28-10-6-4-8-26(28)29)30(36)35-31-34-24(20-37-31)19-21-11-13-22(14-12-21)23-15-17-33-18-16-23/h3-18,20,29H,19H2,1-2H3,(H,34,35,36). The maximum atomic E-state index is 13.7. The van der Waals surface area contributed by atoms with Crippen molar-refractivity contribution in [2.45, 2.75) is 36.0 Å². The Morgan fingerprint density at radius 2 is 1.45 bits per heavy atom. The Hall–Kier alpha value is -3.74. The van der Waals surface area contributed by atoms with Crippen LogP contribution in [-0.2, 0) is 11.2 Å². The molecule has 0 atom stereocenters. The third-order valence-corrected chi connectivity index (χ3v) is 9.10. The van der Waals surface area contributed by atoms with Gasteiger partial charge in [0.2, 0.25) is 5.91 Å². The molecule has 1 N–H and O–H groups in total. The minimum absolute atomic E-state index is 0.0263. The highest BCUT2D eigenvalue weighted by atomic mass is 32.2. The van der Waals surface area contributed by atoms with E-state index in [1.165, 1.54) is 37.8 Å². The number of nitrogens with one attached hydrogen (secondary N) is 1. The molecule has 1 aliphatic heterocycles. The van der Waals surface area contributed by atoms with E-state index in [1.807, 2.05) is 31.4 Å². The van der Waals surface area contributed by atoms with Crippen LogP contribution in [0.15, 0.2) is 112 Å². The first-order chi connectivity index (χ1) is 18.5. The molecule has 6 rings (SSSR count). The predicted octanol–water partition coefficient (Wildman–Crippen LogP) is 8.06. The third-order valence-electron chi connectivity index (χ3n) is 7.11. The van der Waals surface area contributed by atoms with Crippen LogP contribution in [0.2, 0.25) is 0 Å². The zero-order chi connectivity index (χ0) is 26.1. The van der Waals surface area contributed by atoms with Crippen molar-refractivity contribution in [1.82, 2.24) is 9.97 Å². The molecule has 0 aliphatic carbocycles. The van der Waals surface area contributed by atoms with E-state index in [1.54, 1.807) is 24.2 Å². The van der Waals surface area contributed by atoms with Crippen LogP contribution in [0, 0.1) is 5.41 Å². The quantitative estimate of drug-likeness (QED) is 0.240. The average Bonchev–Trinajstić information content (AvgIpc) is 3.38. The highest BCUT2D eigenvalue weighted by Gasteiger charge is 2.42. The van der Waals surface area contributed by atoms with Gasteiger partial charge in [-0.1, -0.05) is 86.3 Å². The second kappa shape index (κ2) is 10.2. The van der Waals surface area contributed by atoms with Crippen LogP contribution in [0.4, 0.5) is 5.13 Å². The lowest BCUT2D eigenvalue weighted by Gasteiger charge is -2.38. The first kappa shape index (κ1) is 24.6. The fourth-order valence-corrected chi connectivity index (χ4v) is 6.93. The van der Waals surface area contributed by atoms with Crippen LogP contribution in [0.3, 0.4) is 0 Å². The van der Waals surface area contributed by atoms with Crippen molar-refractivity contribution in [3.8, 4) is 11.1 Å². The van der Waals surface area contributed by atoms with Gasteiger partial charge in [0.05, 0.1) is 11.1 Å². The van der Waals surface area contributed by atoms with Gasteiger partial charge in [-0.2, -0.15) is 0 Å². The van der Waals surface area contributed by atoms with Gasteiger partial charge < -0.3 is 5.32 Å². The molecule has 3 aromatic carbocycles. The molecule has 2 aromatic heterocycles. The van der Waals surface area contributed by atoms with Crippen molar-refractivity contribution in [2.75, 3.05) is 5.32 Å². The largest absolute Gasteiger partial charge is 0.301 e. The molecule has 0 saturated carbocycles. The lowest BCUT2D eigenvalue weighted by molar-refractivity contribution is -0.124. The fraction of sp³-hybridized carbons (Fsp3) is 0.156. The van der Waals surface area contributed by atoms with Crippen molar-refractivity contribution in [1.29, 1.82) is 0 Å². The van der Waals surface area contributed by atoms with Crippen LogP contribution in [0.25, 0.3) is 11.1 Å². The lowest BCUT2D eigenvalue weighted by Crippen LogP contribution is -2.38. The van der Waals surface area contributed by atoms with E-state index in [0.29, 0.717) is 11.6 Å². The Labute approximate surface area is 231 Å². The minimum atomic E-state index is -0.679. The number of benzene rings is 3. The summed E-state index contributed by atoms with van der Waals surface area (Å²) in [5, 5.41) is 5.80. The fourth-order valence-electron chi connectivity index (χ4n) is 5.09. The number of anilines is 1. The van der Waals surface area contributed by atoms with Crippen molar-refractivity contribution < 1.29 is 4.79 Å². The predicted molar refractivity (Wildman–Crippen MR) is 156 cm³/mol. The Balaban J connectivity index is 1.19. The molecule has 38 heavy (non-hydrogen) atoms. The number of hydrogen-bond donors (Lipinski definition) is 1. The summed E-state index contributed by atoms with van der Waals surface area (Å²) >= 11 is 3.25. The first-order valence-electron chi connectivity index (χ1n) is 12.6. The molecule has 4 nitrogen and oxygen atoms in total. The zero-order valence-electron chi connectivity index (χ0n) is 21.2. The van der Waals surface area contributed by atoms with Crippen LogP contribution < -0.4 is 5.32 Å². The van der Waals surface area contributed by atoms with Crippen molar-refractivity contribution >= 4 is 34.1 Å². The van der Waals surface area contributed by atoms with Gasteiger partial charge in [-0.3, -0.25) is 9.78 Å². The number of aromatic nitrogens is 2. The van der Waals surface area contributed by atoms with E-state index in [2.05, 4.69) is 83.1 Å². The normalized spacial score (nSPS) is 13.0. The molecule has 3 heterocycles. The maximum Gasteiger partial charge on any atom is 0.232 e. The molecule has 0 bridgehead atoms. The molecule has 0 spiro atoms. The molecule has 0 radical (unpaired) electrons. The Morgan fingerprint density at radius 3 is 2.11 bits per heavy atom. The van der Waals surface area contributed by atoms with Gasteiger partial charge in [0, 0.05) is 39.9 Å². The zero-order valence-corrected chi connectivity index (χ0v) is 22.9. The number of hydrogen-bond acceptors (Lipinski definition) is 5. The molecule has 6 heteroatoms. The van der Waals surface area contributed by atoms with E-state index < -0.39 is 5.41 Å². The van der Waals surface area contributed by atoms with Gasteiger partial charge in [0.1, 0.15) is 0 Å². The van der Waals surface area contributed by atoms with Crippen LogP contribution in [0.5, 0.6) is 0 Å². The molecule has 1 amide bonds. The van der Waals surface area contributed by atoms with E-state index in [4.69, 9.17) is 4.98 Å². The second-order valence-corrected chi connectivity index (χ2v) is 12.0. The number of carbonyl (C=O) groups is 1. The van der Waals surface area contributed by atoms with Gasteiger partial charge in [-0.05, 0) is 52.1 Å². The highest BCUT2D eigenvalue weighted by molar-refractivity contribution is 7.99. The van der Waals surface area contributed by atoms with Gasteiger partial charge in [-0.15, -0.1) is 11.3 Å². The van der Waals surface area contributed by atoms with Gasteiger partial charge >= 0.3 is 0 Å². The summed E-state index contributed by atoms with van der Waals surface area (Å²) in [6.07, 6.45) is 4.33. The summed E-state index contributed by atoms with van der Waals surface area (Å²) in [4.78, 5) is 25.0. The van der Waals surface area contributed by atoms with Crippen LogP contribution in [-0.4, -0.2) is 15.9 Å². The highest BCUT2D eigenvalue weighted by Crippen LogP contribution is 2.52. The molecule has 0 unspecified atom stereocenters. The number of carbonyl (C=O) groups excluding carboxylic acids is 1. The Kier molecular flexibility index (Phi) is 6.60. The van der Waals surface area contributed by atoms with Crippen molar-refractivity contribution in [3.05, 3.63) is 125 Å². The number of amides is 1. The number of pyridine rings is 1. The van der Waals surface area contributed by atoms with Crippen LogP contribution >= 0.6 is 23.1 Å². The van der Waals surface area contributed by atoms with E-state index in [9.17, 15) is 4.79 Å². The van der Waals surface area contributed by atoms with Crippen molar-refractivity contribution in [2.24, 2.45) is 5.41 Å². The molecule has 0 saturated heterocycles. The Morgan fingerprint density at radius 1 is 0.842 bits per heavy atom. The number of fused-ring (bicyclic) bond motifs is 2. The maximum absolute atomic E-state index is 13.7. The summed E-state index contributed by atoms with van der Waals surface area (Å²) in [5.74, 6) is -0.0731. The first-order valence-corrected chi connectivity index (χ1v) is 14.3. The number of rotatable bonds is 6. The summed E-state index contributed by atoms with van der Waals surface area (Å²) in [6.45, 7) is 4.07. The molecule has 0 fully saturated rings. The number of thiazole rings is 1. The van der Waals surface area contributed by atoms with Crippen molar-refractivity contribution in [3.63, 3.8) is 0 Å². The summed E-state index contributed by atoms with van der Waals surface area (Å²) in [6, 6.07) is 29.4. The van der Waals surface area contributed by atoms with E-state index >= 15 is 0 Å². The average molecular weight is 534 g/mol. The van der Waals surface area contributed by atoms with Crippen LogP contribution in [0.1, 0.15) is 42.1 Å². The van der Waals surface area contributed by atoms with Gasteiger partial charge in [0.15, 0.2) is 5.13 Å². The topological polar surface area (TPSA) is 54.9 Å². The minimum Gasteiger partial charge on any atom is -0.301 e. The summed E-state index contributed by atoms with van der Waals surface area (Å²) in [5.41, 5.74) is 6.16. The summed E-state index contributed by atoms with van der Waals surface area (Å²) in [7, 11) is 0. The second-order valence-electron chi connectivity index (χ2n) is 10.0. The number of nitrogens with zero attached hydrogens (tertiary/aromatic N) is 2. The molecule has 188 valence electrons. The SMILES string of the molecule is CC(C)(C(=O)Nc1nc(Cc2ccc(-c3ccncc3)cc2)cs1)C1c2ccccc2Sc2ccccc21.